The molecule has 0 amide bonds. The third-order valence-electron chi connectivity index (χ3n) is 2.99. The second kappa shape index (κ2) is 12.3. The molecule has 0 radical (unpaired) electrons. The topological polar surface area (TPSA) is 54.9 Å². The van der Waals surface area contributed by atoms with Crippen molar-refractivity contribution in [2.45, 2.75) is 32.3 Å². The Labute approximate surface area is 127 Å². The quantitative estimate of drug-likeness (QED) is 0.364. The van der Waals surface area contributed by atoms with E-state index < -0.39 is 0 Å². The molecule has 118 valence electrons. The number of thioether (sulfide) groups is 1. The van der Waals surface area contributed by atoms with Gasteiger partial charge < -0.3 is 20.1 Å². The van der Waals surface area contributed by atoms with E-state index in [1.807, 2.05) is 11.8 Å². The Morgan fingerprint density at radius 2 is 2.35 bits per heavy atom. The van der Waals surface area contributed by atoms with E-state index in [4.69, 9.17) is 9.47 Å². The van der Waals surface area contributed by atoms with Gasteiger partial charge in [-0.25, -0.2) is 0 Å². The number of guanidine groups is 1. The van der Waals surface area contributed by atoms with Crippen molar-refractivity contribution < 1.29 is 9.47 Å². The lowest BCUT2D eigenvalue weighted by Gasteiger charge is -2.11. The Bertz CT molecular complexity index is 259. The summed E-state index contributed by atoms with van der Waals surface area (Å²) in [5.74, 6) is 2.00. The van der Waals surface area contributed by atoms with E-state index >= 15 is 0 Å². The maximum atomic E-state index is 5.62. The van der Waals surface area contributed by atoms with Gasteiger partial charge in [0.2, 0.25) is 0 Å². The number of ether oxygens (including phenoxy) is 2. The second-order valence-electron chi connectivity index (χ2n) is 4.74. The van der Waals surface area contributed by atoms with Crippen LogP contribution in [0.1, 0.15) is 26.2 Å². The van der Waals surface area contributed by atoms with E-state index in [-0.39, 0.29) is 0 Å². The van der Waals surface area contributed by atoms with E-state index in [0.717, 1.165) is 64.0 Å². The van der Waals surface area contributed by atoms with Gasteiger partial charge in [-0.05, 0) is 32.4 Å². The maximum Gasteiger partial charge on any atom is 0.191 e. The first kappa shape index (κ1) is 17.6. The molecule has 0 aliphatic carbocycles. The molecule has 1 heterocycles. The van der Waals surface area contributed by atoms with E-state index in [1.165, 1.54) is 6.42 Å². The van der Waals surface area contributed by atoms with Crippen molar-refractivity contribution in [3.8, 4) is 0 Å². The van der Waals surface area contributed by atoms with E-state index in [0.29, 0.717) is 6.10 Å². The molecule has 0 saturated carbocycles. The average molecular weight is 303 g/mol. The molecule has 0 aromatic heterocycles. The molecule has 0 bridgehead atoms. The van der Waals surface area contributed by atoms with Crippen molar-refractivity contribution >= 4 is 17.7 Å². The van der Waals surface area contributed by atoms with Gasteiger partial charge in [-0.15, -0.1) is 0 Å². The van der Waals surface area contributed by atoms with Crippen LogP contribution in [0.5, 0.6) is 0 Å². The van der Waals surface area contributed by atoms with Crippen LogP contribution in [0.15, 0.2) is 4.99 Å². The molecular weight excluding hydrogens is 274 g/mol. The predicted molar refractivity (Wildman–Crippen MR) is 86.8 cm³/mol. The molecule has 0 spiro atoms. The lowest BCUT2D eigenvalue weighted by atomic mass is 10.2. The maximum absolute atomic E-state index is 5.62. The highest BCUT2D eigenvalue weighted by atomic mass is 32.2. The Kier molecular flexibility index (Phi) is 10.8. The second-order valence-corrected chi connectivity index (χ2v) is 5.73. The number of hydrogen-bond acceptors (Lipinski definition) is 4. The van der Waals surface area contributed by atoms with Crippen molar-refractivity contribution in [2.24, 2.45) is 4.99 Å². The zero-order chi connectivity index (χ0) is 14.5. The third kappa shape index (κ3) is 8.66. The molecular formula is C14H29N3O2S. The van der Waals surface area contributed by atoms with Crippen molar-refractivity contribution in [3.05, 3.63) is 0 Å². The number of nitrogens with zero attached hydrogens (tertiary/aromatic N) is 1. The van der Waals surface area contributed by atoms with Gasteiger partial charge in [0, 0.05) is 38.6 Å². The normalized spacial score (nSPS) is 19.3. The minimum atomic E-state index is 0.323. The average Bonchev–Trinajstić information content (AvgIpc) is 2.96. The fourth-order valence-electron chi connectivity index (χ4n) is 1.96. The highest BCUT2D eigenvalue weighted by Gasteiger charge is 2.14. The fourth-order valence-corrected chi connectivity index (χ4v) is 2.27. The summed E-state index contributed by atoms with van der Waals surface area (Å²) < 4.78 is 11.1. The molecule has 2 N–H and O–H groups in total. The zero-order valence-corrected chi connectivity index (χ0v) is 13.6. The van der Waals surface area contributed by atoms with Gasteiger partial charge in [-0.1, -0.05) is 0 Å². The summed E-state index contributed by atoms with van der Waals surface area (Å²) >= 11 is 1.83. The first-order valence-electron chi connectivity index (χ1n) is 7.57. The van der Waals surface area contributed by atoms with E-state index in [1.54, 1.807) is 0 Å². The largest absolute Gasteiger partial charge is 0.379 e. The fraction of sp³-hybridized carbons (Fsp3) is 0.929. The van der Waals surface area contributed by atoms with Gasteiger partial charge in [0.05, 0.1) is 12.7 Å². The van der Waals surface area contributed by atoms with Crippen LogP contribution in [0.4, 0.5) is 0 Å². The summed E-state index contributed by atoms with van der Waals surface area (Å²) in [7, 11) is 0. The molecule has 1 unspecified atom stereocenters. The number of hydrogen-bond donors (Lipinski definition) is 2. The summed E-state index contributed by atoms with van der Waals surface area (Å²) in [6.45, 7) is 7.09. The molecule has 1 aliphatic rings. The van der Waals surface area contributed by atoms with Crippen LogP contribution in [0.3, 0.4) is 0 Å². The molecule has 5 nitrogen and oxygen atoms in total. The summed E-state index contributed by atoms with van der Waals surface area (Å²) in [6, 6.07) is 0. The zero-order valence-electron chi connectivity index (χ0n) is 12.8. The van der Waals surface area contributed by atoms with Crippen LogP contribution >= 0.6 is 11.8 Å². The molecule has 1 rings (SSSR count). The van der Waals surface area contributed by atoms with Crippen LogP contribution in [-0.4, -0.2) is 63.5 Å². The molecule has 1 saturated heterocycles. The van der Waals surface area contributed by atoms with Crippen LogP contribution < -0.4 is 10.6 Å². The highest BCUT2D eigenvalue weighted by molar-refractivity contribution is 7.98. The van der Waals surface area contributed by atoms with Gasteiger partial charge in [-0.2, -0.15) is 11.8 Å². The number of nitrogens with one attached hydrogen (secondary N) is 2. The Hall–Kier alpha value is -0.460. The van der Waals surface area contributed by atoms with Crippen molar-refractivity contribution in [1.82, 2.24) is 10.6 Å². The van der Waals surface area contributed by atoms with Gasteiger partial charge in [0.15, 0.2) is 5.96 Å². The van der Waals surface area contributed by atoms with Gasteiger partial charge in [0.25, 0.3) is 0 Å². The van der Waals surface area contributed by atoms with Crippen LogP contribution in [0.2, 0.25) is 0 Å². The lowest BCUT2D eigenvalue weighted by Crippen LogP contribution is -2.38. The SMILES string of the molecule is CCNC(=NCCCOCC1CCCO1)NCCSC. The van der Waals surface area contributed by atoms with Crippen molar-refractivity contribution in [3.63, 3.8) is 0 Å². The van der Waals surface area contributed by atoms with Gasteiger partial charge >= 0.3 is 0 Å². The molecule has 1 aliphatic heterocycles. The monoisotopic (exact) mass is 303 g/mol. The standard InChI is InChI=1S/C14H29N3O2S/c1-3-15-14(17-8-11-20-2)16-7-5-9-18-12-13-6-4-10-19-13/h13H,3-12H2,1-2H3,(H2,15,16,17). The minimum Gasteiger partial charge on any atom is -0.379 e. The Morgan fingerprint density at radius 1 is 1.45 bits per heavy atom. The van der Waals surface area contributed by atoms with E-state index in [9.17, 15) is 0 Å². The smallest absolute Gasteiger partial charge is 0.191 e. The Morgan fingerprint density at radius 3 is 3.05 bits per heavy atom. The number of aliphatic imine (C=N–C) groups is 1. The Balaban J connectivity index is 2.03. The van der Waals surface area contributed by atoms with Crippen LogP contribution in [-0.2, 0) is 9.47 Å². The van der Waals surface area contributed by atoms with E-state index in [2.05, 4.69) is 28.8 Å². The van der Waals surface area contributed by atoms with Crippen molar-refractivity contribution in [2.75, 3.05) is 51.5 Å². The molecule has 1 atom stereocenters. The van der Waals surface area contributed by atoms with Crippen LogP contribution in [0.25, 0.3) is 0 Å². The molecule has 6 heteroatoms. The molecule has 0 aromatic carbocycles. The van der Waals surface area contributed by atoms with Crippen molar-refractivity contribution in [1.29, 1.82) is 0 Å². The summed E-state index contributed by atoms with van der Waals surface area (Å²) in [6.07, 6.45) is 5.70. The summed E-state index contributed by atoms with van der Waals surface area (Å²) in [4.78, 5) is 4.53. The van der Waals surface area contributed by atoms with Crippen LogP contribution in [0, 0.1) is 0 Å². The molecule has 1 fully saturated rings. The number of rotatable bonds is 10. The first-order chi connectivity index (χ1) is 9.86. The first-order valence-corrected chi connectivity index (χ1v) is 8.96. The third-order valence-corrected chi connectivity index (χ3v) is 3.60. The van der Waals surface area contributed by atoms with Gasteiger partial charge in [0.1, 0.15) is 0 Å². The summed E-state index contributed by atoms with van der Waals surface area (Å²) in [5, 5.41) is 6.56. The highest BCUT2D eigenvalue weighted by Crippen LogP contribution is 2.11. The molecule has 0 aromatic rings. The van der Waals surface area contributed by atoms with Gasteiger partial charge in [-0.3, -0.25) is 4.99 Å². The summed E-state index contributed by atoms with van der Waals surface area (Å²) in [5.41, 5.74) is 0. The molecule has 20 heavy (non-hydrogen) atoms. The predicted octanol–water partition coefficient (Wildman–Crippen LogP) is 1.49. The lowest BCUT2D eigenvalue weighted by molar-refractivity contribution is 0.0171. The minimum absolute atomic E-state index is 0.323.